The van der Waals surface area contributed by atoms with Crippen molar-refractivity contribution < 1.29 is 0 Å². The molecule has 0 radical (unpaired) electrons. The Labute approximate surface area is 122 Å². The molecule has 1 aliphatic rings. The first-order chi connectivity index (χ1) is 9.25. The molecule has 0 fully saturated rings. The number of thioether (sulfide) groups is 1. The van der Waals surface area contributed by atoms with E-state index in [1.54, 1.807) is 16.8 Å². The van der Waals surface area contributed by atoms with Crippen molar-refractivity contribution >= 4 is 33.3 Å². The molecule has 0 saturated heterocycles. The SMILES string of the molecule is CN(C)CCSc1ncnc2sc3c(c12)CCCC3. The van der Waals surface area contributed by atoms with Crippen molar-refractivity contribution in [3.63, 3.8) is 0 Å². The van der Waals surface area contributed by atoms with Crippen molar-refractivity contribution in [1.29, 1.82) is 0 Å². The molecule has 0 bridgehead atoms. The predicted octanol–water partition coefficient (Wildman–Crippen LogP) is 3.22. The van der Waals surface area contributed by atoms with Crippen LogP contribution in [0, 0.1) is 0 Å². The molecule has 0 N–H and O–H groups in total. The lowest BCUT2D eigenvalue weighted by atomic mass is 9.97. The van der Waals surface area contributed by atoms with Gasteiger partial charge in [0.25, 0.3) is 0 Å². The number of hydrogen-bond acceptors (Lipinski definition) is 5. The van der Waals surface area contributed by atoms with E-state index in [2.05, 4.69) is 29.0 Å². The summed E-state index contributed by atoms with van der Waals surface area (Å²) >= 11 is 3.75. The molecule has 2 heterocycles. The first kappa shape index (κ1) is 13.3. The van der Waals surface area contributed by atoms with Gasteiger partial charge in [-0.25, -0.2) is 9.97 Å². The Morgan fingerprint density at radius 1 is 1.26 bits per heavy atom. The van der Waals surface area contributed by atoms with Crippen LogP contribution in [0.25, 0.3) is 10.2 Å². The highest BCUT2D eigenvalue weighted by Crippen LogP contribution is 2.39. The van der Waals surface area contributed by atoms with Crippen LogP contribution in [0.4, 0.5) is 0 Å². The Morgan fingerprint density at radius 2 is 2.11 bits per heavy atom. The minimum absolute atomic E-state index is 1.09. The van der Waals surface area contributed by atoms with Gasteiger partial charge in [0, 0.05) is 22.6 Å². The number of hydrogen-bond donors (Lipinski definition) is 0. The van der Waals surface area contributed by atoms with Gasteiger partial charge < -0.3 is 4.90 Å². The van der Waals surface area contributed by atoms with Crippen molar-refractivity contribution in [2.75, 3.05) is 26.4 Å². The van der Waals surface area contributed by atoms with E-state index in [4.69, 9.17) is 0 Å². The van der Waals surface area contributed by atoms with E-state index < -0.39 is 0 Å². The van der Waals surface area contributed by atoms with Crippen LogP contribution in [0.5, 0.6) is 0 Å². The summed E-state index contributed by atoms with van der Waals surface area (Å²) in [4.78, 5) is 14.0. The molecule has 0 aromatic carbocycles. The van der Waals surface area contributed by atoms with E-state index in [9.17, 15) is 0 Å². The fourth-order valence-corrected chi connectivity index (χ4v) is 4.92. The summed E-state index contributed by atoms with van der Waals surface area (Å²) in [6.07, 6.45) is 6.82. The first-order valence-electron chi connectivity index (χ1n) is 6.78. The molecular weight excluding hydrogens is 274 g/mol. The number of aryl methyl sites for hydroxylation is 2. The van der Waals surface area contributed by atoms with Crippen molar-refractivity contribution in [2.45, 2.75) is 30.7 Å². The quantitative estimate of drug-likeness (QED) is 0.639. The molecule has 0 saturated carbocycles. The van der Waals surface area contributed by atoms with Crippen LogP contribution in [0.1, 0.15) is 23.3 Å². The summed E-state index contributed by atoms with van der Waals surface area (Å²) in [6.45, 7) is 1.09. The number of thiophene rings is 1. The van der Waals surface area contributed by atoms with Gasteiger partial charge in [0.15, 0.2) is 0 Å². The molecule has 2 aromatic rings. The molecule has 0 amide bonds. The molecular formula is C14H19N3S2. The lowest BCUT2D eigenvalue weighted by molar-refractivity contribution is 0.437. The van der Waals surface area contributed by atoms with Crippen LogP contribution in [0.15, 0.2) is 11.4 Å². The predicted molar refractivity (Wildman–Crippen MR) is 83.3 cm³/mol. The van der Waals surface area contributed by atoms with Gasteiger partial charge in [0.1, 0.15) is 16.2 Å². The molecule has 1 aliphatic carbocycles. The van der Waals surface area contributed by atoms with E-state index in [1.807, 2.05) is 23.1 Å². The van der Waals surface area contributed by atoms with Crippen molar-refractivity contribution in [3.8, 4) is 0 Å². The second kappa shape index (κ2) is 5.77. The van der Waals surface area contributed by atoms with Gasteiger partial charge >= 0.3 is 0 Å². The van der Waals surface area contributed by atoms with Gasteiger partial charge in [0.2, 0.25) is 0 Å². The summed E-state index contributed by atoms with van der Waals surface area (Å²) in [6, 6.07) is 0. The highest BCUT2D eigenvalue weighted by molar-refractivity contribution is 7.99. The lowest BCUT2D eigenvalue weighted by Gasteiger charge is -2.12. The Kier molecular flexibility index (Phi) is 4.05. The zero-order valence-corrected chi connectivity index (χ0v) is 13.1. The van der Waals surface area contributed by atoms with E-state index in [0.717, 1.165) is 12.3 Å². The molecule has 5 heteroatoms. The summed E-state index contributed by atoms with van der Waals surface area (Å²) in [5, 5.41) is 2.54. The third kappa shape index (κ3) is 2.78. The first-order valence-corrected chi connectivity index (χ1v) is 8.58. The smallest absolute Gasteiger partial charge is 0.128 e. The van der Waals surface area contributed by atoms with Crippen LogP contribution < -0.4 is 0 Å². The normalized spacial score (nSPS) is 15.1. The second-order valence-electron chi connectivity index (χ2n) is 5.22. The van der Waals surface area contributed by atoms with Gasteiger partial charge in [-0.2, -0.15) is 0 Å². The topological polar surface area (TPSA) is 29.0 Å². The molecule has 0 aliphatic heterocycles. The van der Waals surface area contributed by atoms with Crippen LogP contribution in [0.2, 0.25) is 0 Å². The number of nitrogens with zero attached hydrogens (tertiary/aromatic N) is 3. The largest absolute Gasteiger partial charge is 0.309 e. The minimum Gasteiger partial charge on any atom is -0.309 e. The van der Waals surface area contributed by atoms with E-state index in [0.29, 0.717) is 0 Å². The molecule has 2 aromatic heterocycles. The standard InChI is InChI=1S/C14H19N3S2/c1-17(2)7-8-18-13-12-10-5-3-4-6-11(10)19-14(12)16-9-15-13/h9H,3-8H2,1-2H3. The Bertz CT molecular complexity index is 577. The fourth-order valence-electron chi connectivity index (χ4n) is 2.50. The van der Waals surface area contributed by atoms with Crippen LogP contribution in [-0.2, 0) is 12.8 Å². The molecule has 0 spiro atoms. The fraction of sp³-hybridized carbons (Fsp3) is 0.571. The van der Waals surface area contributed by atoms with Crippen molar-refractivity contribution in [2.24, 2.45) is 0 Å². The maximum atomic E-state index is 4.52. The summed E-state index contributed by atoms with van der Waals surface area (Å²) in [5.74, 6) is 1.09. The third-order valence-electron chi connectivity index (χ3n) is 3.49. The van der Waals surface area contributed by atoms with Crippen LogP contribution in [0.3, 0.4) is 0 Å². The monoisotopic (exact) mass is 293 g/mol. The van der Waals surface area contributed by atoms with E-state index >= 15 is 0 Å². The third-order valence-corrected chi connectivity index (χ3v) is 5.66. The maximum absolute atomic E-state index is 4.52. The Balaban J connectivity index is 1.93. The minimum atomic E-state index is 1.09. The van der Waals surface area contributed by atoms with Crippen LogP contribution >= 0.6 is 23.1 Å². The van der Waals surface area contributed by atoms with Crippen molar-refractivity contribution in [1.82, 2.24) is 14.9 Å². The molecule has 0 atom stereocenters. The lowest BCUT2D eigenvalue weighted by Crippen LogP contribution is -2.14. The second-order valence-corrected chi connectivity index (χ2v) is 7.39. The van der Waals surface area contributed by atoms with Gasteiger partial charge in [-0.15, -0.1) is 23.1 Å². The maximum Gasteiger partial charge on any atom is 0.128 e. The average molecular weight is 293 g/mol. The van der Waals surface area contributed by atoms with Gasteiger partial charge in [0.05, 0.1) is 0 Å². The Hall–Kier alpha value is -0.650. The zero-order chi connectivity index (χ0) is 13.2. The Morgan fingerprint density at radius 3 is 2.95 bits per heavy atom. The van der Waals surface area contributed by atoms with Gasteiger partial charge in [-0.3, -0.25) is 0 Å². The van der Waals surface area contributed by atoms with Gasteiger partial charge in [-0.1, -0.05) is 0 Å². The summed E-state index contributed by atoms with van der Waals surface area (Å²) < 4.78 is 0. The molecule has 3 nitrogen and oxygen atoms in total. The summed E-state index contributed by atoms with van der Waals surface area (Å²) in [7, 11) is 4.23. The molecule has 19 heavy (non-hydrogen) atoms. The van der Waals surface area contributed by atoms with Crippen molar-refractivity contribution in [3.05, 3.63) is 16.8 Å². The van der Waals surface area contributed by atoms with Crippen LogP contribution in [-0.4, -0.2) is 41.3 Å². The zero-order valence-electron chi connectivity index (χ0n) is 11.5. The number of fused-ring (bicyclic) bond motifs is 3. The highest BCUT2D eigenvalue weighted by atomic mass is 32.2. The number of rotatable bonds is 4. The molecule has 102 valence electrons. The summed E-state index contributed by atoms with van der Waals surface area (Å²) in [5.41, 5.74) is 1.54. The molecule has 0 unspecified atom stereocenters. The average Bonchev–Trinajstić information content (AvgIpc) is 2.77. The molecule has 3 rings (SSSR count). The number of aromatic nitrogens is 2. The van der Waals surface area contributed by atoms with E-state index in [-0.39, 0.29) is 0 Å². The van der Waals surface area contributed by atoms with Gasteiger partial charge in [-0.05, 0) is 45.3 Å². The van der Waals surface area contributed by atoms with E-state index in [1.165, 1.54) is 40.9 Å². The highest BCUT2D eigenvalue weighted by Gasteiger charge is 2.19.